The summed E-state index contributed by atoms with van der Waals surface area (Å²) in [5.74, 6) is -0.747. The van der Waals surface area contributed by atoms with Gasteiger partial charge in [-0.05, 0) is 85.8 Å². The highest BCUT2D eigenvalue weighted by molar-refractivity contribution is 5.84. The molecular weight excluding hydrogens is 445 g/mol. The number of nitrogens with zero attached hydrogens (tertiary/aromatic N) is 3. The summed E-state index contributed by atoms with van der Waals surface area (Å²) in [4.78, 5) is 31.9. The van der Waals surface area contributed by atoms with Crippen LogP contribution in [0.1, 0.15) is 61.8 Å². The van der Waals surface area contributed by atoms with E-state index in [1.807, 2.05) is 11.0 Å². The van der Waals surface area contributed by atoms with Gasteiger partial charge in [0.2, 0.25) is 5.91 Å². The highest BCUT2D eigenvalue weighted by atomic mass is 19.1. The maximum atomic E-state index is 13.5. The standard InChI is InChI=1S/C28H30FN3O3/c29-20-5-3-19(4-6-20)17-32-23-18-31(15-7-21(23)22-2-1-14-30-25(22)32)24(33)16-27-8-11-28(12-9-27,13-10-27)26(34)35/h1-6,14H,7-13,15-18H2,(H,34,35). The Balaban J connectivity index is 1.24. The molecule has 3 aromatic rings. The first-order valence-corrected chi connectivity index (χ1v) is 12.6. The van der Waals surface area contributed by atoms with Crippen molar-refractivity contribution in [2.45, 2.75) is 64.5 Å². The summed E-state index contributed by atoms with van der Waals surface area (Å²) in [6.07, 6.45) is 7.66. The van der Waals surface area contributed by atoms with Gasteiger partial charge in [0.1, 0.15) is 11.5 Å². The molecule has 0 radical (unpaired) electrons. The molecule has 2 aromatic heterocycles. The van der Waals surface area contributed by atoms with E-state index in [1.54, 1.807) is 18.3 Å². The van der Waals surface area contributed by atoms with E-state index in [0.29, 0.717) is 45.3 Å². The van der Waals surface area contributed by atoms with Crippen LogP contribution in [0.15, 0.2) is 42.6 Å². The third kappa shape index (κ3) is 3.72. The monoisotopic (exact) mass is 475 g/mol. The number of rotatable bonds is 5. The minimum absolute atomic E-state index is 0.0447. The lowest BCUT2D eigenvalue weighted by molar-refractivity contribution is -0.160. The maximum absolute atomic E-state index is 13.5. The van der Waals surface area contributed by atoms with E-state index < -0.39 is 11.4 Å². The molecule has 0 unspecified atom stereocenters. The summed E-state index contributed by atoms with van der Waals surface area (Å²) in [6, 6.07) is 10.6. The highest BCUT2D eigenvalue weighted by Crippen LogP contribution is 2.58. The molecule has 1 aromatic carbocycles. The molecule has 7 heteroatoms. The zero-order valence-electron chi connectivity index (χ0n) is 19.8. The van der Waals surface area contributed by atoms with E-state index in [-0.39, 0.29) is 17.1 Å². The lowest BCUT2D eigenvalue weighted by atomic mass is 9.53. The van der Waals surface area contributed by atoms with Gasteiger partial charge in [0.25, 0.3) is 0 Å². The van der Waals surface area contributed by atoms with Crippen LogP contribution in [0, 0.1) is 16.6 Å². The van der Waals surface area contributed by atoms with Gasteiger partial charge >= 0.3 is 5.97 Å². The molecule has 0 spiro atoms. The van der Waals surface area contributed by atoms with Gasteiger partial charge in [-0.25, -0.2) is 9.37 Å². The van der Waals surface area contributed by atoms with Crippen molar-refractivity contribution in [1.82, 2.24) is 14.5 Å². The van der Waals surface area contributed by atoms with Crippen LogP contribution in [0.2, 0.25) is 0 Å². The third-order valence-electron chi connectivity index (χ3n) is 9.00. The van der Waals surface area contributed by atoms with Crippen molar-refractivity contribution in [3.05, 3.63) is 65.2 Å². The smallest absolute Gasteiger partial charge is 0.309 e. The highest BCUT2D eigenvalue weighted by Gasteiger charge is 2.53. The van der Waals surface area contributed by atoms with E-state index >= 15 is 0 Å². The van der Waals surface area contributed by atoms with Gasteiger partial charge < -0.3 is 14.6 Å². The molecule has 4 aliphatic rings. The number of carboxylic acids is 1. The Morgan fingerprint density at radius 1 is 1.03 bits per heavy atom. The molecule has 3 aliphatic carbocycles. The van der Waals surface area contributed by atoms with Gasteiger partial charge in [-0.2, -0.15) is 0 Å². The van der Waals surface area contributed by atoms with Crippen LogP contribution in [0.25, 0.3) is 11.0 Å². The van der Waals surface area contributed by atoms with E-state index in [0.717, 1.165) is 48.0 Å². The second kappa shape index (κ2) is 8.18. The van der Waals surface area contributed by atoms with Crippen LogP contribution < -0.4 is 0 Å². The molecule has 1 amide bonds. The van der Waals surface area contributed by atoms with Crippen LogP contribution in [0.4, 0.5) is 4.39 Å². The van der Waals surface area contributed by atoms with Crippen molar-refractivity contribution in [2.75, 3.05) is 6.54 Å². The molecular formula is C28H30FN3O3. The number of pyridine rings is 1. The number of carboxylic acid groups (broad SMARTS) is 1. The molecule has 182 valence electrons. The Hall–Kier alpha value is -3.22. The molecule has 0 atom stereocenters. The number of aliphatic carboxylic acids is 1. The van der Waals surface area contributed by atoms with Gasteiger partial charge in [-0.3, -0.25) is 9.59 Å². The molecule has 3 fully saturated rings. The van der Waals surface area contributed by atoms with Crippen molar-refractivity contribution in [3.63, 3.8) is 0 Å². The number of hydrogen-bond donors (Lipinski definition) is 1. The Kier molecular flexibility index (Phi) is 5.20. The van der Waals surface area contributed by atoms with Gasteiger partial charge in [-0.15, -0.1) is 0 Å². The lowest BCUT2D eigenvalue weighted by Crippen LogP contribution is -2.48. The fourth-order valence-electron chi connectivity index (χ4n) is 6.70. The predicted octanol–water partition coefficient (Wildman–Crippen LogP) is 4.92. The van der Waals surface area contributed by atoms with E-state index in [9.17, 15) is 19.1 Å². The average Bonchev–Trinajstić information content (AvgIpc) is 3.19. The van der Waals surface area contributed by atoms with Crippen molar-refractivity contribution in [3.8, 4) is 0 Å². The summed E-state index contributed by atoms with van der Waals surface area (Å²) < 4.78 is 15.6. The number of fused-ring (bicyclic) bond motifs is 6. The minimum Gasteiger partial charge on any atom is -0.481 e. The first kappa shape index (κ1) is 22.3. The normalized spacial score (nSPS) is 25.6. The number of halogens is 1. The maximum Gasteiger partial charge on any atom is 0.309 e. The fourth-order valence-corrected chi connectivity index (χ4v) is 6.70. The van der Waals surface area contributed by atoms with Crippen molar-refractivity contribution in [1.29, 1.82) is 0 Å². The molecule has 3 saturated carbocycles. The van der Waals surface area contributed by atoms with E-state index in [2.05, 4.69) is 15.6 Å². The second-order valence-electron chi connectivity index (χ2n) is 10.8. The molecule has 2 bridgehead atoms. The summed E-state index contributed by atoms with van der Waals surface area (Å²) in [5, 5.41) is 10.8. The lowest BCUT2D eigenvalue weighted by Gasteiger charge is -2.51. The van der Waals surface area contributed by atoms with Crippen molar-refractivity contribution in [2.24, 2.45) is 10.8 Å². The van der Waals surface area contributed by atoms with Crippen LogP contribution in [-0.2, 0) is 29.1 Å². The van der Waals surface area contributed by atoms with Crippen molar-refractivity contribution >= 4 is 22.9 Å². The first-order chi connectivity index (χ1) is 16.9. The van der Waals surface area contributed by atoms with Gasteiger partial charge in [0.15, 0.2) is 0 Å². The zero-order chi connectivity index (χ0) is 24.2. The molecule has 7 rings (SSSR count). The molecule has 6 nitrogen and oxygen atoms in total. The molecule has 1 N–H and O–H groups in total. The molecule has 1 aliphatic heterocycles. The largest absolute Gasteiger partial charge is 0.481 e. The van der Waals surface area contributed by atoms with Crippen molar-refractivity contribution < 1.29 is 19.1 Å². The summed E-state index contributed by atoms with van der Waals surface area (Å²) in [6.45, 7) is 1.80. The Morgan fingerprint density at radius 3 is 2.43 bits per heavy atom. The van der Waals surface area contributed by atoms with Crippen LogP contribution in [-0.4, -0.2) is 38.0 Å². The second-order valence-corrected chi connectivity index (χ2v) is 10.8. The number of carbonyl (C=O) groups excluding carboxylic acids is 1. The number of carbonyl (C=O) groups is 2. The van der Waals surface area contributed by atoms with E-state index in [4.69, 9.17) is 0 Å². The molecule has 3 heterocycles. The SMILES string of the molecule is O=C(CC12CCC(C(=O)O)(CC1)CC2)N1CCc2c(n(Cc3ccc(F)cc3)c3ncccc23)C1. The number of amides is 1. The molecule has 0 saturated heterocycles. The van der Waals surface area contributed by atoms with Gasteiger partial charge in [0, 0.05) is 36.8 Å². The first-order valence-electron chi connectivity index (χ1n) is 12.6. The van der Waals surface area contributed by atoms with E-state index in [1.165, 1.54) is 17.7 Å². The molecule has 35 heavy (non-hydrogen) atoms. The number of benzene rings is 1. The van der Waals surface area contributed by atoms with Gasteiger partial charge in [0.05, 0.1) is 12.0 Å². The van der Waals surface area contributed by atoms with Crippen LogP contribution in [0.3, 0.4) is 0 Å². The predicted molar refractivity (Wildman–Crippen MR) is 129 cm³/mol. The Morgan fingerprint density at radius 2 is 1.74 bits per heavy atom. The number of aromatic nitrogens is 2. The minimum atomic E-state index is -0.664. The summed E-state index contributed by atoms with van der Waals surface area (Å²) in [7, 11) is 0. The third-order valence-corrected chi connectivity index (χ3v) is 9.00. The number of hydrogen-bond acceptors (Lipinski definition) is 3. The topological polar surface area (TPSA) is 75.4 Å². The van der Waals surface area contributed by atoms with Crippen LogP contribution in [0.5, 0.6) is 0 Å². The van der Waals surface area contributed by atoms with Gasteiger partial charge in [-0.1, -0.05) is 12.1 Å². The summed E-state index contributed by atoms with van der Waals surface area (Å²) >= 11 is 0. The fraction of sp³-hybridized carbons (Fsp3) is 0.464. The Labute approximate surface area is 203 Å². The zero-order valence-corrected chi connectivity index (χ0v) is 19.8. The average molecular weight is 476 g/mol. The summed E-state index contributed by atoms with van der Waals surface area (Å²) in [5.41, 5.74) is 3.65. The Bertz CT molecular complexity index is 1290. The van der Waals surface area contributed by atoms with Crippen LogP contribution >= 0.6 is 0 Å². The quantitative estimate of drug-likeness (QED) is 0.568.